The van der Waals surface area contributed by atoms with Gasteiger partial charge in [0, 0.05) is 11.3 Å². The van der Waals surface area contributed by atoms with E-state index in [9.17, 15) is 4.79 Å². The topological polar surface area (TPSA) is 78.1 Å². The van der Waals surface area contributed by atoms with E-state index >= 15 is 0 Å². The van der Waals surface area contributed by atoms with E-state index in [4.69, 9.17) is 31.2 Å². The first-order valence-corrected chi connectivity index (χ1v) is 9.08. The average molecular weight is 404 g/mol. The average Bonchev–Trinajstić information content (AvgIpc) is 2.71. The van der Waals surface area contributed by atoms with Crippen molar-refractivity contribution in [3.63, 3.8) is 0 Å². The Morgan fingerprint density at radius 2 is 1.61 bits per heavy atom. The molecule has 2 rings (SSSR count). The molecule has 2 N–H and O–H groups in total. The van der Waals surface area contributed by atoms with Crippen LogP contribution >= 0.6 is 12.2 Å². The molecule has 150 valence electrons. The zero-order valence-corrected chi connectivity index (χ0v) is 17.1. The lowest BCUT2D eigenvalue weighted by Gasteiger charge is -2.14. The summed E-state index contributed by atoms with van der Waals surface area (Å²) in [6.07, 6.45) is 0.942. The minimum Gasteiger partial charge on any atom is -0.494 e. The van der Waals surface area contributed by atoms with E-state index in [0.29, 0.717) is 29.4 Å². The molecule has 0 aliphatic carbocycles. The maximum absolute atomic E-state index is 12.5. The molecule has 0 saturated heterocycles. The Morgan fingerprint density at radius 1 is 1.00 bits per heavy atom. The molecular formula is C20H24N2O5S. The molecule has 2 aromatic rings. The first-order chi connectivity index (χ1) is 13.5. The highest BCUT2D eigenvalue weighted by molar-refractivity contribution is 7.80. The summed E-state index contributed by atoms with van der Waals surface area (Å²) in [7, 11) is 4.47. The van der Waals surface area contributed by atoms with E-state index in [1.54, 1.807) is 12.1 Å². The number of rotatable bonds is 8. The third-order valence-electron chi connectivity index (χ3n) is 3.74. The molecule has 0 aromatic heterocycles. The van der Waals surface area contributed by atoms with Crippen LogP contribution in [0, 0.1) is 0 Å². The van der Waals surface area contributed by atoms with Gasteiger partial charge in [0.15, 0.2) is 16.6 Å². The fourth-order valence-corrected chi connectivity index (χ4v) is 2.61. The molecule has 7 nitrogen and oxygen atoms in total. The first-order valence-electron chi connectivity index (χ1n) is 8.67. The number of thiocarbonyl (C=S) groups is 1. The van der Waals surface area contributed by atoms with Crippen LogP contribution in [0.5, 0.6) is 23.0 Å². The Hall–Kier alpha value is -3.00. The Labute approximate surface area is 169 Å². The van der Waals surface area contributed by atoms with Gasteiger partial charge in [0.05, 0.1) is 27.9 Å². The zero-order chi connectivity index (χ0) is 20.5. The normalized spacial score (nSPS) is 10.0. The summed E-state index contributed by atoms with van der Waals surface area (Å²) < 4.78 is 21.3. The van der Waals surface area contributed by atoms with Crippen molar-refractivity contribution in [2.75, 3.05) is 33.3 Å². The van der Waals surface area contributed by atoms with Gasteiger partial charge in [-0.2, -0.15) is 0 Å². The lowest BCUT2D eigenvalue weighted by atomic mass is 10.1. The number of amides is 1. The molecule has 0 bridgehead atoms. The fraction of sp³-hybridized carbons (Fsp3) is 0.300. The van der Waals surface area contributed by atoms with Gasteiger partial charge in [0.2, 0.25) is 5.75 Å². The van der Waals surface area contributed by atoms with Crippen molar-refractivity contribution < 1.29 is 23.7 Å². The highest BCUT2D eigenvalue weighted by atomic mass is 32.1. The van der Waals surface area contributed by atoms with Crippen molar-refractivity contribution in [2.24, 2.45) is 0 Å². The largest absolute Gasteiger partial charge is 0.494 e. The molecule has 0 aliphatic rings. The SMILES string of the molecule is CCCOc1ccc(NC(=S)NC(=O)c2cc(OC)c(OC)c(OC)c2)cc1. The monoisotopic (exact) mass is 404 g/mol. The van der Waals surface area contributed by atoms with Crippen LogP contribution in [0.4, 0.5) is 5.69 Å². The summed E-state index contributed by atoms with van der Waals surface area (Å²) in [5, 5.41) is 5.76. The highest BCUT2D eigenvalue weighted by Gasteiger charge is 2.17. The summed E-state index contributed by atoms with van der Waals surface area (Å²) in [4.78, 5) is 12.5. The van der Waals surface area contributed by atoms with Crippen LogP contribution in [0.2, 0.25) is 0 Å². The Kier molecular flexibility index (Phi) is 7.88. The van der Waals surface area contributed by atoms with Crippen LogP contribution in [0.25, 0.3) is 0 Å². The quantitative estimate of drug-likeness (QED) is 0.651. The predicted molar refractivity (Wildman–Crippen MR) is 112 cm³/mol. The van der Waals surface area contributed by atoms with Gasteiger partial charge in [0.25, 0.3) is 5.91 Å². The van der Waals surface area contributed by atoms with Crippen LogP contribution in [-0.4, -0.2) is 39.0 Å². The number of carbonyl (C=O) groups is 1. The molecule has 1 amide bonds. The smallest absolute Gasteiger partial charge is 0.257 e. The van der Waals surface area contributed by atoms with E-state index in [0.717, 1.165) is 17.9 Å². The van der Waals surface area contributed by atoms with Gasteiger partial charge in [-0.25, -0.2) is 0 Å². The molecule has 0 aliphatic heterocycles. The van der Waals surface area contributed by atoms with Gasteiger partial charge < -0.3 is 24.3 Å². The molecule has 0 atom stereocenters. The zero-order valence-electron chi connectivity index (χ0n) is 16.3. The van der Waals surface area contributed by atoms with Crippen molar-refractivity contribution in [1.82, 2.24) is 5.32 Å². The van der Waals surface area contributed by atoms with Gasteiger partial charge in [-0.05, 0) is 55.0 Å². The molecule has 0 fully saturated rings. The van der Waals surface area contributed by atoms with Crippen molar-refractivity contribution in [3.8, 4) is 23.0 Å². The molecule has 0 saturated carbocycles. The molecular weight excluding hydrogens is 380 g/mol. The van der Waals surface area contributed by atoms with Crippen molar-refractivity contribution >= 4 is 28.9 Å². The van der Waals surface area contributed by atoms with Gasteiger partial charge in [-0.3, -0.25) is 10.1 Å². The lowest BCUT2D eigenvalue weighted by molar-refractivity contribution is 0.0977. The minimum absolute atomic E-state index is 0.168. The van der Waals surface area contributed by atoms with Crippen LogP contribution in [-0.2, 0) is 0 Å². The number of hydrogen-bond donors (Lipinski definition) is 2. The molecule has 2 aromatic carbocycles. The fourth-order valence-electron chi connectivity index (χ4n) is 2.40. The number of anilines is 1. The third kappa shape index (κ3) is 5.50. The standard InChI is InChI=1S/C20H24N2O5S/c1-5-10-27-15-8-6-14(7-9-15)21-20(28)22-19(23)13-11-16(24-2)18(26-4)17(12-13)25-3/h6-9,11-12H,5,10H2,1-4H3,(H2,21,22,23,28). The Bertz CT molecular complexity index is 799. The second-order valence-corrected chi connectivity index (χ2v) is 6.10. The van der Waals surface area contributed by atoms with Gasteiger partial charge >= 0.3 is 0 Å². The third-order valence-corrected chi connectivity index (χ3v) is 3.94. The van der Waals surface area contributed by atoms with E-state index < -0.39 is 5.91 Å². The summed E-state index contributed by atoms with van der Waals surface area (Å²) in [6, 6.07) is 10.4. The van der Waals surface area contributed by atoms with Crippen molar-refractivity contribution in [1.29, 1.82) is 0 Å². The minimum atomic E-state index is -0.403. The number of carbonyl (C=O) groups excluding carboxylic acids is 1. The number of benzene rings is 2. The lowest BCUT2D eigenvalue weighted by Crippen LogP contribution is -2.34. The summed E-state index contributed by atoms with van der Waals surface area (Å²) in [5.74, 6) is 1.55. The van der Waals surface area contributed by atoms with Crippen LogP contribution in [0.3, 0.4) is 0 Å². The van der Waals surface area contributed by atoms with Gasteiger partial charge in [0.1, 0.15) is 5.75 Å². The van der Waals surface area contributed by atoms with E-state index in [1.165, 1.54) is 21.3 Å². The maximum Gasteiger partial charge on any atom is 0.257 e. The van der Waals surface area contributed by atoms with E-state index in [1.807, 2.05) is 31.2 Å². The second kappa shape index (κ2) is 10.4. The van der Waals surface area contributed by atoms with Crippen LogP contribution < -0.4 is 29.6 Å². The Balaban J connectivity index is 2.05. The van der Waals surface area contributed by atoms with Gasteiger partial charge in [-0.1, -0.05) is 6.92 Å². The summed E-state index contributed by atoms with van der Waals surface area (Å²) in [6.45, 7) is 2.71. The number of ether oxygens (including phenoxy) is 4. The molecule has 0 radical (unpaired) electrons. The highest BCUT2D eigenvalue weighted by Crippen LogP contribution is 2.38. The van der Waals surface area contributed by atoms with Gasteiger partial charge in [-0.15, -0.1) is 0 Å². The number of methoxy groups -OCH3 is 3. The summed E-state index contributed by atoms with van der Waals surface area (Å²) in [5.41, 5.74) is 1.06. The summed E-state index contributed by atoms with van der Waals surface area (Å²) >= 11 is 5.22. The number of nitrogens with one attached hydrogen (secondary N) is 2. The van der Waals surface area contributed by atoms with Crippen molar-refractivity contribution in [3.05, 3.63) is 42.0 Å². The Morgan fingerprint density at radius 3 is 2.11 bits per heavy atom. The van der Waals surface area contributed by atoms with Crippen LogP contribution in [0.1, 0.15) is 23.7 Å². The molecule has 28 heavy (non-hydrogen) atoms. The molecule has 8 heteroatoms. The van der Waals surface area contributed by atoms with Crippen LogP contribution in [0.15, 0.2) is 36.4 Å². The number of hydrogen-bond acceptors (Lipinski definition) is 6. The second-order valence-electron chi connectivity index (χ2n) is 5.70. The van der Waals surface area contributed by atoms with E-state index in [-0.39, 0.29) is 5.11 Å². The predicted octanol–water partition coefficient (Wildman–Crippen LogP) is 3.63. The first kappa shape index (κ1) is 21.3. The van der Waals surface area contributed by atoms with E-state index in [2.05, 4.69) is 10.6 Å². The molecule has 0 heterocycles. The maximum atomic E-state index is 12.5. The molecule has 0 spiro atoms. The van der Waals surface area contributed by atoms with Crippen molar-refractivity contribution in [2.45, 2.75) is 13.3 Å². The molecule has 0 unspecified atom stereocenters.